The molecule has 2 aromatic carbocycles. The molecule has 0 aliphatic heterocycles. The van der Waals surface area contributed by atoms with E-state index in [2.05, 4.69) is 17.4 Å². The maximum absolute atomic E-state index is 13.6. The van der Waals surface area contributed by atoms with Crippen molar-refractivity contribution in [2.45, 2.75) is 19.4 Å². The van der Waals surface area contributed by atoms with Gasteiger partial charge in [-0.15, -0.1) is 0 Å². The number of nitrogens with one attached hydrogen (secondary N) is 1. The lowest BCUT2D eigenvalue weighted by Crippen LogP contribution is -2.23. The Balaban J connectivity index is 2.21. The highest BCUT2D eigenvalue weighted by Crippen LogP contribution is 2.23. The number of hydrogen-bond acceptors (Lipinski definition) is 1. The highest BCUT2D eigenvalue weighted by Gasteiger charge is 2.13. The normalized spacial score (nSPS) is 12.4. The lowest BCUT2D eigenvalue weighted by Gasteiger charge is -2.19. The number of halogens is 2. The molecule has 0 aliphatic rings. The first-order chi connectivity index (χ1) is 9.20. The Labute approximate surface area is 118 Å². The van der Waals surface area contributed by atoms with E-state index in [1.165, 1.54) is 11.6 Å². The van der Waals surface area contributed by atoms with Gasteiger partial charge >= 0.3 is 0 Å². The first kappa shape index (κ1) is 14.0. The second-order valence-corrected chi connectivity index (χ2v) is 4.88. The number of benzene rings is 2. The molecule has 0 amide bonds. The minimum atomic E-state index is -0.366. The molecular formula is C16H17ClFN. The van der Waals surface area contributed by atoms with Gasteiger partial charge in [-0.05, 0) is 36.2 Å². The summed E-state index contributed by atoms with van der Waals surface area (Å²) in [7, 11) is 0. The van der Waals surface area contributed by atoms with Gasteiger partial charge in [0.2, 0.25) is 0 Å². The monoisotopic (exact) mass is 277 g/mol. The Bertz CT molecular complexity index is 528. The largest absolute Gasteiger partial charge is 0.310 e. The fraction of sp³-hybridized carbons (Fsp3) is 0.250. The zero-order valence-electron chi connectivity index (χ0n) is 10.9. The summed E-state index contributed by atoms with van der Waals surface area (Å²) in [4.78, 5) is 0. The first-order valence-corrected chi connectivity index (χ1v) is 6.80. The van der Waals surface area contributed by atoms with Crippen LogP contribution in [0.2, 0.25) is 5.02 Å². The average molecular weight is 278 g/mol. The molecule has 1 N–H and O–H groups in total. The van der Waals surface area contributed by atoms with Gasteiger partial charge in [-0.3, -0.25) is 0 Å². The lowest BCUT2D eigenvalue weighted by atomic mass is 9.99. The topological polar surface area (TPSA) is 12.0 Å². The van der Waals surface area contributed by atoms with Crippen LogP contribution in [0.5, 0.6) is 0 Å². The summed E-state index contributed by atoms with van der Waals surface area (Å²) in [6, 6.07) is 15.3. The van der Waals surface area contributed by atoms with E-state index in [1.807, 2.05) is 31.2 Å². The second-order valence-electron chi connectivity index (χ2n) is 4.47. The molecule has 0 aliphatic carbocycles. The summed E-state index contributed by atoms with van der Waals surface area (Å²) in [5.41, 5.74) is 2.15. The van der Waals surface area contributed by atoms with Gasteiger partial charge in [-0.1, -0.05) is 54.9 Å². The fourth-order valence-electron chi connectivity index (χ4n) is 2.13. The molecule has 0 aromatic heterocycles. The molecule has 19 heavy (non-hydrogen) atoms. The highest BCUT2D eigenvalue weighted by atomic mass is 35.5. The van der Waals surface area contributed by atoms with Crippen LogP contribution in [0.1, 0.15) is 24.1 Å². The molecule has 1 unspecified atom stereocenters. The SMILES string of the molecule is CCNC(Cc1ccccc1)c1ccc(Cl)c(F)c1. The van der Waals surface area contributed by atoms with Crippen LogP contribution in [0.3, 0.4) is 0 Å². The Kier molecular flexibility index (Phi) is 4.94. The molecule has 0 bridgehead atoms. The minimum Gasteiger partial charge on any atom is -0.310 e. The van der Waals surface area contributed by atoms with Gasteiger partial charge in [0, 0.05) is 6.04 Å². The molecule has 0 saturated heterocycles. The summed E-state index contributed by atoms with van der Waals surface area (Å²) >= 11 is 5.73. The Hall–Kier alpha value is -1.38. The first-order valence-electron chi connectivity index (χ1n) is 6.43. The molecule has 100 valence electrons. The lowest BCUT2D eigenvalue weighted by molar-refractivity contribution is 0.543. The maximum atomic E-state index is 13.6. The van der Waals surface area contributed by atoms with Crippen LogP contribution < -0.4 is 5.32 Å². The van der Waals surface area contributed by atoms with Crippen molar-refractivity contribution in [3.63, 3.8) is 0 Å². The Morgan fingerprint density at radius 2 is 1.89 bits per heavy atom. The van der Waals surface area contributed by atoms with E-state index in [4.69, 9.17) is 11.6 Å². The van der Waals surface area contributed by atoms with Crippen molar-refractivity contribution in [2.24, 2.45) is 0 Å². The van der Waals surface area contributed by atoms with Gasteiger partial charge in [0.05, 0.1) is 5.02 Å². The molecule has 0 radical (unpaired) electrons. The second kappa shape index (κ2) is 6.69. The van der Waals surface area contributed by atoms with Crippen LogP contribution in [0.15, 0.2) is 48.5 Å². The van der Waals surface area contributed by atoms with Gasteiger partial charge in [0.1, 0.15) is 5.82 Å². The molecule has 2 aromatic rings. The van der Waals surface area contributed by atoms with Gasteiger partial charge < -0.3 is 5.32 Å². The van der Waals surface area contributed by atoms with Crippen LogP contribution in [0.4, 0.5) is 4.39 Å². The predicted molar refractivity (Wildman–Crippen MR) is 78.0 cm³/mol. The third kappa shape index (κ3) is 3.79. The summed E-state index contributed by atoms with van der Waals surface area (Å²) < 4.78 is 13.6. The minimum absolute atomic E-state index is 0.0965. The molecule has 0 saturated carbocycles. The summed E-state index contributed by atoms with van der Waals surface area (Å²) in [5.74, 6) is -0.366. The zero-order valence-corrected chi connectivity index (χ0v) is 11.6. The number of hydrogen-bond donors (Lipinski definition) is 1. The number of likely N-dealkylation sites (N-methyl/N-ethyl adjacent to an activating group) is 1. The molecule has 2 rings (SSSR count). The summed E-state index contributed by atoms with van der Waals surface area (Å²) in [5, 5.41) is 3.55. The van der Waals surface area contributed by atoms with Crippen molar-refractivity contribution >= 4 is 11.6 Å². The van der Waals surface area contributed by atoms with E-state index >= 15 is 0 Å². The standard InChI is InChI=1S/C16H17ClFN/c1-2-19-16(10-12-6-4-3-5-7-12)13-8-9-14(17)15(18)11-13/h3-9,11,16,19H,2,10H2,1H3. The fourth-order valence-corrected chi connectivity index (χ4v) is 2.25. The molecule has 0 fully saturated rings. The maximum Gasteiger partial charge on any atom is 0.142 e. The summed E-state index contributed by atoms with van der Waals surface area (Å²) in [6.45, 7) is 2.88. The van der Waals surface area contributed by atoms with Gasteiger partial charge in [-0.25, -0.2) is 4.39 Å². The van der Waals surface area contributed by atoms with Crippen molar-refractivity contribution in [3.8, 4) is 0 Å². The third-order valence-corrected chi connectivity index (χ3v) is 3.39. The van der Waals surface area contributed by atoms with E-state index in [-0.39, 0.29) is 16.9 Å². The predicted octanol–water partition coefficient (Wildman–Crippen LogP) is 4.37. The van der Waals surface area contributed by atoms with E-state index in [9.17, 15) is 4.39 Å². The van der Waals surface area contributed by atoms with Crippen LogP contribution in [0.25, 0.3) is 0 Å². The molecule has 0 heterocycles. The molecule has 3 heteroatoms. The summed E-state index contributed by atoms with van der Waals surface area (Å²) in [6.07, 6.45) is 0.829. The Morgan fingerprint density at radius 3 is 2.53 bits per heavy atom. The van der Waals surface area contributed by atoms with Gasteiger partial charge in [0.25, 0.3) is 0 Å². The Morgan fingerprint density at radius 1 is 1.16 bits per heavy atom. The van der Waals surface area contributed by atoms with Crippen molar-refractivity contribution in [1.82, 2.24) is 5.32 Å². The van der Waals surface area contributed by atoms with Crippen molar-refractivity contribution in [1.29, 1.82) is 0 Å². The van der Waals surface area contributed by atoms with Crippen molar-refractivity contribution < 1.29 is 4.39 Å². The van der Waals surface area contributed by atoms with Crippen LogP contribution in [-0.4, -0.2) is 6.54 Å². The number of rotatable bonds is 5. The smallest absolute Gasteiger partial charge is 0.142 e. The molecule has 0 spiro atoms. The van der Waals surface area contributed by atoms with E-state index in [0.717, 1.165) is 18.5 Å². The van der Waals surface area contributed by atoms with Crippen molar-refractivity contribution in [2.75, 3.05) is 6.54 Å². The average Bonchev–Trinajstić information content (AvgIpc) is 2.43. The zero-order chi connectivity index (χ0) is 13.7. The van der Waals surface area contributed by atoms with E-state index in [1.54, 1.807) is 6.07 Å². The molecular weight excluding hydrogens is 261 g/mol. The van der Waals surface area contributed by atoms with E-state index in [0.29, 0.717) is 0 Å². The quantitative estimate of drug-likeness (QED) is 0.856. The third-order valence-electron chi connectivity index (χ3n) is 3.08. The van der Waals surface area contributed by atoms with Crippen LogP contribution in [-0.2, 0) is 6.42 Å². The van der Waals surface area contributed by atoms with Crippen LogP contribution in [0, 0.1) is 5.82 Å². The molecule has 1 nitrogen and oxygen atoms in total. The highest BCUT2D eigenvalue weighted by molar-refractivity contribution is 6.30. The molecule has 1 atom stereocenters. The van der Waals surface area contributed by atoms with E-state index < -0.39 is 0 Å². The van der Waals surface area contributed by atoms with Crippen molar-refractivity contribution in [3.05, 3.63) is 70.5 Å². The van der Waals surface area contributed by atoms with Gasteiger partial charge in [0.15, 0.2) is 0 Å². The van der Waals surface area contributed by atoms with Crippen LogP contribution >= 0.6 is 11.6 Å². The van der Waals surface area contributed by atoms with Gasteiger partial charge in [-0.2, -0.15) is 0 Å².